The summed E-state index contributed by atoms with van der Waals surface area (Å²) in [5.41, 5.74) is 2.04. The first-order valence-corrected chi connectivity index (χ1v) is 12.5. The molecule has 3 aromatic rings. The van der Waals surface area contributed by atoms with Crippen molar-refractivity contribution < 1.29 is 17.5 Å². The molecular weight excluding hydrogens is 422 g/mol. The molecule has 0 heterocycles. The van der Waals surface area contributed by atoms with Crippen molar-refractivity contribution in [3.63, 3.8) is 0 Å². The van der Waals surface area contributed by atoms with E-state index in [1.807, 2.05) is 43.3 Å². The predicted molar refractivity (Wildman–Crippen MR) is 125 cm³/mol. The SMILES string of the molecule is Cc1ccc(C(=O)/C(=N/OS(=O)(=O)C2CC3CCC2C3)c2ccccc2)c2ccccc12. The number of Topliss-reactive ketones (excluding diaryl/α,β-unsaturated/α-hetero) is 1. The zero-order valence-corrected chi connectivity index (χ0v) is 18.7. The Morgan fingerprint density at radius 1 is 0.906 bits per heavy atom. The van der Waals surface area contributed by atoms with Crippen molar-refractivity contribution >= 4 is 32.4 Å². The number of nitrogens with zero attached hydrogens (tertiary/aromatic N) is 1. The van der Waals surface area contributed by atoms with Gasteiger partial charge in [-0.05, 0) is 54.4 Å². The molecule has 0 saturated heterocycles. The van der Waals surface area contributed by atoms with Crippen LogP contribution in [-0.2, 0) is 14.4 Å². The second kappa shape index (κ2) is 8.17. The van der Waals surface area contributed by atoms with Crippen LogP contribution in [-0.4, -0.2) is 25.2 Å². The number of rotatable bonds is 6. The maximum absolute atomic E-state index is 13.6. The van der Waals surface area contributed by atoms with Gasteiger partial charge in [-0.15, -0.1) is 0 Å². The summed E-state index contributed by atoms with van der Waals surface area (Å²) < 4.78 is 31.1. The lowest BCUT2D eigenvalue weighted by molar-refractivity contribution is 0.106. The molecule has 3 aromatic carbocycles. The van der Waals surface area contributed by atoms with Crippen LogP contribution < -0.4 is 0 Å². The van der Waals surface area contributed by atoms with E-state index < -0.39 is 15.4 Å². The summed E-state index contributed by atoms with van der Waals surface area (Å²) in [6.07, 6.45) is 3.58. The Morgan fingerprint density at radius 2 is 1.62 bits per heavy atom. The minimum Gasteiger partial charge on any atom is -0.287 e. The monoisotopic (exact) mass is 447 g/mol. The number of carbonyl (C=O) groups excluding carboxylic acids is 1. The van der Waals surface area contributed by atoms with E-state index in [0.29, 0.717) is 23.5 Å². The van der Waals surface area contributed by atoms with Crippen molar-refractivity contribution in [1.82, 2.24) is 0 Å². The third-order valence-corrected chi connectivity index (χ3v) is 8.53. The van der Waals surface area contributed by atoms with E-state index in [4.69, 9.17) is 4.28 Å². The smallest absolute Gasteiger partial charge is 0.287 e. The largest absolute Gasteiger partial charge is 0.331 e. The highest BCUT2D eigenvalue weighted by atomic mass is 32.2. The zero-order valence-electron chi connectivity index (χ0n) is 17.9. The van der Waals surface area contributed by atoms with Crippen LogP contribution in [0.1, 0.15) is 47.2 Å². The van der Waals surface area contributed by atoms with E-state index in [-0.39, 0.29) is 17.4 Å². The highest BCUT2D eigenvalue weighted by molar-refractivity contribution is 7.87. The molecule has 2 aliphatic carbocycles. The van der Waals surface area contributed by atoms with Crippen LogP contribution in [0.3, 0.4) is 0 Å². The standard InChI is InChI=1S/C26H25NO4S/c1-17-11-14-23(22-10-6-5-9-21(17)22)26(28)25(19-7-3-2-4-8-19)27-31-32(29,30)24-16-18-12-13-20(24)15-18/h2-11,14,18,20,24H,12-13,15-16H2,1H3/b27-25+. The second-order valence-corrected chi connectivity index (χ2v) is 10.6. The molecule has 2 saturated carbocycles. The van der Waals surface area contributed by atoms with Crippen LogP contribution in [0.15, 0.2) is 71.9 Å². The van der Waals surface area contributed by atoms with Gasteiger partial charge in [-0.25, -0.2) is 0 Å². The Morgan fingerprint density at radius 3 is 2.31 bits per heavy atom. The molecule has 5 rings (SSSR count). The lowest BCUT2D eigenvalue weighted by Crippen LogP contribution is -2.28. The predicted octanol–water partition coefficient (Wildman–Crippen LogP) is 5.27. The average Bonchev–Trinajstić information content (AvgIpc) is 3.45. The molecule has 3 atom stereocenters. The maximum atomic E-state index is 13.6. The minimum atomic E-state index is -3.90. The van der Waals surface area contributed by atoms with Gasteiger partial charge in [-0.3, -0.25) is 9.08 Å². The number of hydrogen-bond acceptors (Lipinski definition) is 5. The maximum Gasteiger partial charge on any atom is 0.331 e. The third-order valence-electron chi connectivity index (χ3n) is 6.93. The van der Waals surface area contributed by atoms with Crippen LogP contribution >= 0.6 is 0 Å². The van der Waals surface area contributed by atoms with Gasteiger partial charge in [0.15, 0.2) is 5.71 Å². The molecule has 0 radical (unpaired) electrons. The second-order valence-electron chi connectivity index (χ2n) is 8.89. The van der Waals surface area contributed by atoms with Crippen LogP contribution in [0, 0.1) is 18.8 Å². The summed E-state index contributed by atoms with van der Waals surface area (Å²) in [5.74, 6) is 0.231. The summed E-state index contributed by atoms with van der Waals surface area (Å²) in [6, 6.07) is 20.2. The Balaban J connectivity index is 1.54. The fourth-order valence-electron chi connectivity index (χ4n) is 5.28. The molecule has 5 nitrogen and oxygen atoms in total. The Kier molecular flexibility index (Phi) is 5.33. The minimum absolute atomic E-state index is 0.00802. The fraction of sp³-hybridized carbons (Fsp3) is 0.308. The van der Waals surface area contributed by atoms with Crippen LogP contribution in [0.25, 0.3) is 10.8 Å². The van der Waals surface area contributed by atoms with Crippen molar-refractivity contribution in [3.05, 3.63) is 83.4 Å². The van der Waals surface area contributed by atoms with E-state index in [1.54, 1.807) is 30.3 Å². The summed E-state index contributed by atoms with van der Waals surface area (Å²) in [4.78, 5) is 13.6. The van der Waals surface area contributed by atoms with Gasteiger partial charge in [0.1, 0.15) is 5.25 Å². The van der Waals surface area contributed by atoms with Crippen molar-refractivity contribution in [2.75, 3.05) is 0 Å². The number of ketones is 1. The summed E-state index contributed by atoms with van der Waals surface area (Å²) >= 11 is 0. The topological polar surface area (TPSA) is 72.8 Å². The molecule has 0 aromatic heterocycles. The summed E-state index contributed by atoms with van der Waals surface area (Å²) in [7, 11) is -3.90. The van der Waals surface area contributed by atoms with Crippen molar-refractivity contribution in [3.8, 4) is 0 Å². The highest BCUT2D eigenvalue weighted by Gasteiger charge is 2.47. The van der Waals surface area contributed by atoms with Crippen LogP contribution in [0.4, 0.5) is 0 Å². The molecule has 0 spiro atoms. The van der Waals surface area contributed by atoms with Gasteiger partial charge in [0.05, 0.1) is 0 Å². The van der Waals surface area contributed by atoms with Crippen molar-refractivity contribution in [1.29, 1.82) is 0 Å². The summed E-state index contributed by atoms with van der Waals surface area (Å²) in [6.45, 7) is 1.99. The molecule has 2 bridgehead atoms. The van der Waals surface area contributed by atoms with Crippen molar-refractivity contribution in [2.24, 2.45) is 17.0 Å². The molecule has 3 unspecified atom stereocenters. The third kappa shape index (κ3) is 3.73. The van der Waals surface area contributed by atoms with Gasteiger partial charge in [0.2, 0.25) is 5.78 Å². The first kappa shape index (κ1) is 20.9. The van der Waals surface area contributed by atoms with Crippen molar-refractivity contribution in [2.45, 2.75) is 37.9 Å². The first-order valence-electron chi connectivity index (χ1n) is 11.0. The fourth-order valence-corrected chi connectivity index (χ4v) is 6.80. The molecular formula is C26H25NO4S. The average molecular weight is 448 g/mol. The number of hydrogen-bond donors (Lipinski definition) is 0. The van der Waals surface area contributed by atoms with Gasteiger partial charge in [-0.2, -0.15) is 8.42 Å². The Labute approximate surface area is 188 Å². The number of carbonyl (C=O) groups is 1. The van der Waals surface area contributed by atoms with E-state index in [9.17, 15) is 13.2 Å². The van der Waals surface area contributed by atoms with E-state index in [0.717, 1.165) is 35.6 Å². The number of oxime groups is 1. The first-order chi connectivity index (χ1) is 15.4. The van der Waals surface area contributed by atoms with Gasteiger partial charge in [0.25, 0.3) is 0 Å². The Hall–Kier alpha value is -2.99. The molecule has 6 heteroatoms. The van der Waals surface area contributed by atoms with E-state index in [1.165, 1.54) is 0 Å². The molecule has 0 amide bonds. The molecule has 0 aliphatic heterocycles. The van der Waals surface area contributed by atoms with Gasteiger partial charge < -0.3 is 0 Å². The van der Waals surface area contributed by atoms with Gasteiger partial charge >= 0.3 is 10.1 Å². The van der Waals surface area contributed by atoms with Crippen LogP contribution in [0.5, 0.6) is 0 Å². The molecule has 2 aliphatic rings. The molecule has 2 fully saturated rings. The zero-order chi connectivity index (χ0) is 22.3. The lowest BCUT2D eigenvalue weighted by Gasteiger charge is -2.19. The number of benzene rings is 3. The molecule has 0 N–H and O–H groups in total. The summed E-state index contributed by atoms with van der Waals surface area (Å²) in [5, 5.41) is 5.22. The Bertz CT molecular complexity index is 1310. The normalized spacial score (nSPS) is 22.9. The van der Waals surface area contributed by atoms with Gasteiger partial charge in [-0.1, -0.05) is 78.3 Å². The highest BCUT2D eigenvalue weighted by Crippen LogP contribution is 2.47. The number of fused-ring (bicyclic) bond motifs is 3. The quantitative estimate of drug-likeness (QED) is 0.293. The molecule has 32 heavy (non-hydrogen) atoms. The van der Waals surface area contributed by atoms with Crippen LogP contribution in [0.2, 0.25) is 0 Å². The van der Waals surface area contributed by atoms with E-state index >= 15 is 0 Å². The lowest BCUT2D eigenvalue weighted by atomic mass is 9.94. The van der Waals surface area contributed by atoms with Gasteiger partial charge in [0, 0.05) is 11.1 Å². The number of aryl methyl sites for hydroxylation is 1. The van der Waals surface area contributed by atoms with E-state index in [2.05, 4.69) is 5.16 Å². The molecule has 164 valence electrons.